The van der Waals surface area contributed by atoms with Crippen LogP contribution in [0.3, 0.4) is 0 Å². The maximum atomic E-state index is 12.5. The highest BCUT2D eigenvalue weighted by Gasteiger charge is 2.21. The van der Waals surface area contributed by atoms with Crippen LogP contribution in [0.25, 0.3) is 0 Å². The van der Waals surface area contributed by atoms with Crippen molar-refractivity contribution in [3.8, 4) is 5.75 Å². The van der Waals surface area contributed by atoms with Gasteiger partial charge in [0.2, 0.25) is 0 Å². The lowest BCUT2D eigenvalue weighted by Gasteiger charge is -2.19. The maximum Gasteiger partial charge on any atom is 0.265 e. The molecule has 2 amide bonds. The maximum absolute atomic E-state index is 12.5. The first-order valence-electron chi connectivity index (χ1n) is 9.39. The van der Waals surface area contributed by atoms with Crippen LogP contribution < -0.4 is 10.1 Å². The van der Waals surface area contributed by atoms with Crippen LogP contribution in [0.15, 0.2) is 42.5 Å². The number of aryl methyl sites for hydroxylation is 2. The fourth-order valence-corrected chi connectivity index (χ4v) is 3.29. The van der Waals surface area contributed by atoms with Gasteiger partial charge in [0.05, 0.1) is 0 Å². The lowest BCUT2D eigenvalue weighted by atomic mass is 10.1. The molecule has 0 saturated carbocycles. The first-order chi connectivity index (χ1) is 13.0. The fourth-order valence-electron chi connectivity index (χ4n) is 3.29. The molecule has 1 atom stereocenters. The molecule has 0 aromatic heterocycles. The quantitative estimate of drug-likeness (QED) is 0.872. The molecule has 142 valence electrons. The van der Waals surface area contributed by atoms with Crippen LogP contribution >= 0.6 is 0 Å². The highest BCUT2D eigenvalue weighted by atomic mass is 16.5. The number of amides is 2. The Bertz CT molecular complexity index is 821. The second kappa shape index (κ2) is 8.25. The molecular formula is C22H26N2O3. The number of nitrogens with one attached hydrogen (secondary N) is 1. The molecule has 5 nitrogen and oxygen atoms in total. The van der Waals surface area contributed by atoms with Crippen LogP contribution in [-0.2, 0) is 4.79 Å². The molecule has 1 fully saturated rings. The van der Waals surface area contributed by atoms with E-state index in [1.807, 2.05) is 36.9 Å². The van der Waals surface area contributed by atoms with Crippen molar-refractivity contribution in [3.63, 3.8) is 0 Å². The third-order valence-corrected chi connectivity index (χ3v) is 4.84. The topological polar surface area (TPSA) is 58.6 Å². The number of carbonyl (C=O) groups excluding carboxylic acids is 2. The minimum atomic E-state index is -0.650. The number of anilines is 1. The largest absolute Gasteiger partial charge is 0.480 e. The van der Waals surface area contributed by atoms with Gasteiger partial charge in [0.15, 0.2) is 6.10 Å². The summed E-state index contributed by atoms with van der Waals surface area (Å²) >= 11 is 0. The van der Waals surface area contributed by atoms with E-state index in [1.54, 1.807) is 31.2 Å². The molecule has 0 spiro atoms. The van der Waals surface area contributed by atoms with Gasteiger partial charge in [0, 0.05) is 24.3 Å². The SMILES string of the molecule is Cc1cccc(C)c1OC(C)C(=O)Nc1cccc(C(=O)N2CCCC2)c1. The van der Waals surface area contributed by atoms with Crippen LogP contribution in [0.5, 0.6) is 5.75 Å². The summed E-state index contributed by atoms with van der Waals surface area (Å²) in [6, 6.07) is 13.0. The molecule has 1 N–H and O–H groups in total. The zero-order valence-corrected chi connectivity index (χ0v) is 16.1. The number of rotatable bonds is 5. The molecule has 27 heavy (non-hydrogen) atoms. The van der Waals surface area contributed by atoms with Gasteiger partial charge in [0.25, 0.3) is 11.8 Å². The number of hydrogen-bond donors (Lipinski definition) is 1. The van der Waals surface area contributed by atoms with Gasteiger partial charge in [-0.2, -0.15) is 0 Å². The Morgan fingerprint density at radius 2 is 1.67 bits per heavy atom. The monoisotopic (exact) mass is 366 g/mol. The molecule has 1 aliphatic heterocycles. The molecule has 5 heteroatoms. The number of para-hydroxylation sites is 1. The summed E-state index contributed by atoms with van der Waals surface area (Å²) in [6.45, 7) is 7.24. The molecular weight excluding hydrogens is 340 g/mol. The first-order valence-corrected chi connectivity index (χ1v) is 9.39. The van der Waals surface area contributed by atoms with E-state index in [9.17, 15) is 9.59 Å². The number of carbonyl (C=O) groups is 2. The van der Waals surface area contributed by atoms with Crippen molar-refractivity contribution in [2.75, 3.05) is 18.4 Å². The van der Waals surface area contributed by atoms with Gasteiger partial charge in [-0.15, -0.1) is 0 Å². The number of hydrogen-bond acceptors (Lipinski definition) is 3. The van der Waals surface area contributed by atoms with Crippen LogP contribution in [-0.4, -0.2) is 35.9 Å². The number of nitrogens with zero attached hydrogens (tertiary/aromatic N) is 1. The minimum Gasteiger partial charge on any atom is -0.480 e. The summed E-state index contributed by atoms with van der Waals surface area (Å²) in [5, 5.41) is 2.85. The van der Waals surface area contributed by atoms with E-state index in [2.05, 4.69) is 5.32 Å². The lowest BCUT2D eigenvalue weighted by molar-refractivity contribution is -0.122. The van der Waals surface area contributed by atoms with Crippen molar-refractivity contribution in [2.45, 2.75) is 39.7 Å². The van der Waals surface area contributed by atoms with E-state index < -0.39 is 6.10 Å². The van der Waals surface area contributed by atoms with Crippen molar-refractivity contribution in [1.82, 2.24) is 4.90 Å². The fraction of sp³-hybridized carbons (Fsp3) is 0.364. The minimum absolute atomic E-state index is 0.0171. The van der Waals surface area contributed by atoms with E-state index >= 15 is 0 Å². The summed E-state index contributed by atoms with van der Waals surface area (Å²) in [4.78, 5) is 26.9. The Balaban J connectivity index is 1.66. The van der Waals surface area contributed by atoms with Gasteiger partial charge >= 0.3 is 0 Å². The molecule has 1 aliphatic rings. The number of benzene rings is 2. The Morgan fingerprint density at radius 1 is 1.04 bits per heavy atom. The smallest absolute Gasteiger partial charge is 0.265 e. The van der Waals surface area contributed by atoms with Crippen molar-refractivity contribution in [1.29, 1.82) is 0 Å². The van der Waals surface area contributed by atoms with E-state index in [4.69, 9.17) is 4.74 Å². The highest BCUT2D eigenvalue weighted by Crippen LogP contribution is 2.24. The van der Waals surface area contributed by atoms with Gasteiger partial charge in [-0.3, -0.25) is 9.59 Å². The molecule has 2 aromatic rings. The van der Waals surface area contributed by atoms with Crippen molar-refractivity contribution >= 4 is 17.5 Å². The van der Waals surface area contributed by atoms with Gasteiger partial charge in [-0.05, 0) is 62.9 Å². The second-order valence-electron chi connectivity index (χ2n) is 7.05. The van der Waals surface area contributed by atoms with Crippen molar-refractivity contribution in [3.05, 3.63) is 59.2 Å². The van der Waals surface area contributed by atoms with Crippen LogP contribution in [0, 0.1) is 13.8 Å². The summed E-state index contributed by atoms with van der Waals surface area (Å²) in [5.74, 6) is 0.505. The highest BCUT2D eigenvalue weighted by molar-refractivity contribution is 5.98. The Labute approximate surface area is 160 Å². The molecule has 2 aromatic carbocycles. The van der Waals surface area contributed by atoms with Gasteiger partial charge in [-0.1, -0.05) is 24.3 Å². The van der Waals surface area contributed by atoms with E-state index in [0.29, 0.717) is 11.3 Å². The Morgan fingerprint density at radius 3 is 2.33 bits per heavy atom. The van der Waals surface area contributed by atoms with Gasteiger partial charge in [0.1, 0.15) is 5.75 Å². The average molecular weight is 366 g/mol. The Kier molecular flexibility index (Phi) is 5.79. The van der Waals surface area contributed by atoms with Crippen LogP contribution in [0.1, 0.15) is 41.3 Å². The van der Waals surface area contributed by atoms with Gasteiger partial charge < -0.3 is 15.0 Å². The third-order valence-electron chi connectivity index (χ3n) is 4.84. The molecule has 0 bridgehead atoms. The predicted octanol–water partition coefficient (Wildman–Crippen LogP) is 3.95. The van der Waals surface area contributed by atoms with Crippen molar-refractivity contribution in [2.24, 2.45) is 0 Å². The summed E-state index contributed by atoms with van der Waals surface area (Å²) in [6.07, 6.45) is 1.45. The molecule has 1 heterocycles. The van der Waals surface area contributed by atoms with E-state index in [-0.39, 0.29) is 11.8 Å². The van der Waals surface area contributed by atoms with Crippen LogP contribution in [0.2, 0.25) is 0 Å². The van der Waals surface area contributed by atoms with Crippen molar-refractivity contribution < 1.29 is 14.3 Å². The van der Waals surface area contributed by atoms with Gasteiger partial charge in [-0.25, -0.2) is 0 Å². The first kappa shape index (κ1) is 19.0. The predicted molar refractivity (Wildman–Crippen MR) is 106 cm³/mol. The molecule has 1 unspecified atom stereocenters. The van der Waals surface area contributed by atoms with E-state index in [0.717, 1.165) is 42.8 Å². The standard InChI is InChI=1S/C22H26N2O3/c1-15-8-6-9-16(2)20(15)27-17(3)21(25)23-19-11-7-10-18(14-19)22(26)24-12-4-5-13-24/h6-11,14,17H,4-5,12-13H2,1-3H3,(H,23,25). The summed E-state index contributed by atoms with van der Waals surface area (Å²) in [5.41, 5.74) is 3.18. The van der Waals surface area contributed by atoms with E-state index in [1.165, 1.54) is 0 Å². The Hall–Kier alpha value is -2.82. The normalized spacial score (nSPS) is 14.7. The molecule has 3 rings (SSSR count). The number of likely N-dealkylation sites (tertiary alicyclic amines) is 1. The third kappa shape index (κ3) is 4.48. The zero-order valence-electron chi connectivity index (χ0n) is 16.1. The van der Waals surface area contributed by atoms with Crippen LogP contribution in [0.4, 0.5) is 5.69 Å². The molecule has 1 saturated heterocycles. The lowest BCUT2D eigenvalue weighted by Crippen LogP contribution is -2.31. The number of ether oxygens (including phenoxy) is 1. The zero-order chi connectivity index (χ0) is 19.4. The average Bonchev–Trinajstić information content (AvgIpc) is 3.19. The summed E-state index contributed by atoms with van der Waals surface area (Å²) < 4.78 is 5.88. The second-order valence-corrected chi connectivity index (χ2v) is 7.05. The molecule has 0 radical (unpaired) electrons. The summed E-state index contributed by atoms with van der Waals surface area (Å²) in [7, 11) is 0. The molecule has 0 aliphatic carbocycles.